The SMILES string of the molecule is C=C1C=C(C(/C=C/NC=NC)NC(=O)OC2(C(C)C)CC2)c2cc(Cl)ccc2C(N2CCN(C(=O)OC(C)C)CC2)C1. The standard InChI is InChI=1S/C32H44ClN5O4/c1-21(2)32(10-11-32)42-30(39)36-28(9-12-35-20-34-6)27-17-23(5)18-29(25-8-7-24(33)19-26(25)27)37-13-15-38(16-14-37)31(40)41-22(3)4/h7-9,12,17,19-22,28-29H,5,10-11,13-16,18H2,1-4,6H3,(H,34,35)(H,36,39)/b12-9+. The zero-order valence-electron chi connectivity index (χ0n) is 25.4. The van der Waals surface area contributed by atoms with Crippen LogP contribution in [0.1, 0.15) is 64.1 Å². The maximum atomic E-state index is 13.2. The lowest BCUT2D eigenvalue weighted by Gasteiger charge is -2.39. The van der Waals surface area contributed by atoms with Crippen LogP contribution in [0.2, 0.25) is 5.02 Å². The van der Waals surface area contributed by atoms with E-state index in [4.69, 9.17) is 21.1 Å². The number of aliphatic imine (C=N–C) groups is 1. The molecular formula is C32H44ClN5O4. The molecule has 1 aromatic rings. The molecule has 1 aromatic carbocycles. The lowest BCUT2D eigenvalue weighted by Crippen LogP contribution is -2.50. The Bertz CT molecular complexity index is 1250. The summed E-state index contributed by atoms with van der Waals surface area (Å²) >= 11 is 6.57. The maximum absolute atomic E-state index is 13.2. The van der Waals surface area contributed by atoms with Gasteiger partial charge in [-0.25, -0.2) is 9.59 Å². The molecule has 1 saturated carbocycles. The van der Waals surface area contributed by atoms with Crippen LogP contribution in [0.5, 0.6) is 0 Å². The first-order valence-electron chi connectivity index (χ1n) is 14.7. The number of fused-ring (bicyclic) bond motifs is 1. The summed E-state index contributed by atoms with van der Waals surface area (Å²) in [5.41, 5.74) is 3.44. The molecule has 42 heavy (non-hydrogen) atoms. The highest BCUT2D eigenvalue weighted by atomic mass is 35.5. The predicted molar refractivity (Wildman–Crippen MR) is 168 cm³/mol. The van der Waals surface area contributed by atoms with Crippen LogP contribution in [0.4, 0.5) is 9.59 Å². The second-order valence-corrected chi connectivity index (χ2v) is 12.2. The topological polar surface area (TPSA) is 95.5 Å². The largest absolute Gasteiger partial charge is 0.447 e. The van der Waals surface area contributed by atoms with E-state index in [1.807, 2.05) is 38.1 Å². The van der Waals surface area contributed by atoms with Crippen LogP contribution >= 0.6 is 11.6 Å². The molecule has 4 rings (SSSR count). The summed E-state index contributed by atoms with van der Waals surface area (Å²) in [6.07, 6.45) is 8.80. The number of benzene rings is 1. The third-order valence-corrected chi connectivity index (χ3v) is 8.37. The van der Waals surface area contributed by atoms with Gasteiger partial charge >= 0.3 is 12.2 Å². The lowest BCUT2D eigenvalue weighted by atomic mass is 9.91. The van der Waals surface area contributed by atoms with Gasteiger partial charge in [0.1, 0.15) is 5.60 Å². The number of carbonyl (C=O) groups is 2. The van der Waals surface area contributed by atoms with Crippen molar-refractivity contribution in [3.8, 4) is 0 Å². The van der Waals surface area contributed by atoms with Crippen molar-refractivity contribution in [3.05, 3.63) is 64.9 Å². The third-order valence-electron chi connectivity index (χ3n) is 8.14. The van der Waals surface area contributed by atoms with E-state index in [-0.39, 0.29) is 24.2 Å². The number of allylic oxidation sites excluding steroid dienone is 1. The van der Waals surface area contributed by atoms with Crippen LogP contribution in [-0.4, -0.2) is 79.3 Å². The molecule has 1 heterocycles. The van der Waals surface area contributed by atoms with Crippen LogP contribution in [-0.2, 0) is 9.47 Å². The highest BCUT2D eigenvalue weighted by molar-refractivity contribution is 6.30. The second kappa shape index (κ2) is 13.8. The van der Waals surface area contributed by atoms with Gasteiger partial charge in [-0.3, -0.25) is 9.89 Å². The fraction of sp³-hybridized carbons (Fsp3) is 0.531. The number of rotatable bonds is 9. The van der Waals surface area contributed by atoms with Crippen molar-refractivity contribution >= 4 is 35.7 Å². The smallest absolute Gasteiger partial charge is 0.410 e. The van der Waals surface area contributed by atoms with E-state index < -0.39 is 17.7 Å². The normalized spacial score (nSPS) is 21.2. The van der Waals surface area contributed by atoms with E-state index in [0.29, 0.717) is 37.6 Å². The highest BCUT2D eigenvalue weighted by Gasteiger charge is 2.49. The van der Waals surface area contributed by atoms with E-state index in [1.54, 1.807) is 24.5 Å². The van der Waals surface area contributed by atoms with Crippen molar-refractivity contribution < 1.29 is 19.1 Å². The van der Waals surface area contributed by atoms with Gasteiger partial charge in [0.2, 0.25) is 0 Å². The van der Waals surface area contributed by atoms with E-state index in [0.717, 1.165) is 35.1 Å². The number of amides is 2. The van der Waals surface area contributed by atoms with Crippen molar-refractivity contribution in [1.29, 1.82) is 0 Å². The lowest BCUT2D eigenvalue weighted by molar-refractivity contribution is 0.0477. The van der Waals surface area contributed by atoms with Crippen molar-refractivity contribution in [2.24, 2.45) is 10.9 Å². The van der Waals surface area contributed by atoms with Gasteiger partial charge in [-0.15, -0.1) is 0 Å². The average Bonchev–Trinajstić information content (AvgIpc) is 3.74. The molecule has 10 heteroatoms. The monoisotopic (exact) mass is 597 g/mol. The highest BCUT2D eigenvalue weighted by Crippen LogP contribution is 2.46. The number of piperazine rings is 1. The number of nitrogens with one attached hydrogen (secondary N) is 2. The molecule has 1 aliphatic heterocycles. The Balaban J connectivity index is 1.61. The summed E-state index contributed by atoms with van der Waals surface area (Å²) in [5.74, 6) is 0.240. The fourth-order valence-corrected chi connectivity index (χ4v) is 5.79. The van der Waals surface area contributed by atoms with E-state index in [2.05, 4.69) is 47.0 Å². The first kappa shape index (κ1) is 31.6. The summed E-state index contributed by atoms with van der Waals surface area (Å²) in [4.78, 5) is 33.8. The van der Waals surface area contributed by atoms with E-state index >= 15 is 0 Å². The minimum atomic E-state index is -0.520. The predicted octanol–water partition coefficient (Wildman–Crippen LogP) is 5.93. The Morgan fingerprint density at radius 2 is 1.88 bits per heavy atom. The van der Waals surface area contributed by atoms with Crippen LogP contribution in [0, 0.1) is 5.92 Å². The Morgan fingerprint density at radius 1 is 1.17 bits per heavy atom. The Morgan fingerprint density at radius 3 is 2.50 bits per heavy atom. The number of carbonyl (C=O) groups excluding carboxylic acids is 2. The number of ether oxygens (including phenoxy) is 2. The zero-order valence-corrected chi connectivity index (χ0v) is 26.1. The number of hydrogen-bond acceptors (Lipinski definition) is 6. The van der Waals surface area contributed by atoms with Crippen molar-refractivity contribution in [2.75, 3.05) is 33.2 Å². The second-order valence-electron chi connectivity index (χ2n) is 11.8. The first-order valence-corrected chi connectivity index (χ1v) is 15.1. The molecule has 228 valence electrons. The summed E-state index contributed by atoms with van der Waals surface area (Å²) in [6.45, 7) is 14.8. The van der Waals surface area contributed by atoms with Gasteiger partial charge in [0.25, 0.3) is 0 Å². The van der Waals surface area contributed by atoms with Crippen LogP contribution < -0.4 is 10.6 Å². The van der Waals surface area contributed by atoms with Gasteiger partial charge in [-0.1, -0.05) is 49.7 Å². The van der Waals surface area contributed by atoms with Crippen LogP contribution in [0.3, 0.4) is 0 Å². The molecule has 0 bridgehead atoms. The van der Waals surface area contributed by atoms with Gasteiger partial charge in [0.15, 0.2) is 0 Å². The molecule has 0 spiro atoms. The molecule has 3 aliphatic rings. The minimum absolute atomic E-state index is 0.0272. The number of nitrogens with zero attached hydrogens (tertiary/aromatic N) is 3. The van der Waals surface area contributed by atoms with Gasteiger partial charge < -0.3 is 25.0 Å². The number of halogens is 1. The minimum Gasteiger partial charge on any atom is -0.447 e. The third kappa shape index (κ3) is 7.75. The van der Waals surface area contributed by atoms with Crippen molar-refractivity contribution in [3.63, 3.8) is 0 Å². The Labute approximate surface area is 254 Å². The van der Waals surface area contributed by atoms with Crippen LogP contribution in [0.15, 0.2) is 53.7 Å². The van der Waals surface area contributed by atoms with Crippen LogP contribution in [0.25, 0.3) is 5.57 Å². The van der Waals surface area contributed by atoms with Gasteiger partial charge in [-0.2, -0.15) is 0 Å². The van der Waals surface area contributed by atoms with Gasteiger partial charge in [0.05, 0.1) is 18.5 Å². The van der Waals surface area contributed by atoms with Gasteiger partial charge in [0, 0.05) is 50.5 Å². The average molecular weight is 598 g/mol. The first-order chi connectivity index (χ1) is 20.0. The molecule has 2 fully saturated rings. The Kier molecular flexibility index (Phi) is 10.4. The molecule has 1 saturated heterocycles. The quantitative estimate of drug-likeness (QED) is 0.271. The number of hydrogen-bond donors (Lipinski definition) is 2. The number of alkyl carbamates (subject to hydrolysis) is 1. The van der Waals surface area contributed by atoms with Crippen molar-refractivity contribution in [2.45, 2.75) is 70.7 Å². The zero-order chi connectivity index (χ0) is 30.4. The summed E-state index contributed by atoms with van der Waals surface area (Å²) in [7, 11) is 1.68. The van der Waals surface area contributed by atoms with Crippen molar-refractivity contribution in [1.82, 2.24) is 20.4 Å². The van der Waals surface area contributed by atoms with E-state index in [9.17, 15) is 9.59 Å². The molecule has 2 aliphatic carbocycles. The summed E-state index contributed by atoms with van der Waals surface area (Å²) < 4.78 is 11.4. The molecule has 9 nitrogen and oxygen atoms in total. The molecule has 0 radical (unpaired) electrons. The fourth-order valence-electron chi connectivity index (χ4n) is 5.62. The van der Waals surface area contributed by atoms with E-state index in [1.165, 1.54) is 0 Å². The Hall–Kier alpha value is -3.30. The molecule has 2 atom stereocenters. The summed E-state index contributed by atoms with van der Waals surface area (Å²) in [5, 5.41) is 6.71. The molecule has 2 amide bonds. The molecule has 2 unspecified atom stereocenters. The molecule has 0 aromatic heterocycles. The molecule has 2 N–H and O–H groups in total. The molecular weight excluding hydrogens is 554 g/mol. The summed E-state index contributed by atoms with van der Waals surface area (Å²) in [6, 6.07) is 5.43. The van der Waals surface area contributed by atoms with Gasteiger partial charge in [-0.05, 0) is 73.9 Å². The maximum Gasteiger partial charge on any atom is 0.410 e.